The van der Waals surface area contributed by atoms with E-state index < -0.39 is 11.6 Å². The van der Waals surface area contributed by atoms with Gasteiger partial charge in [-0.15, -0.1) is 0 Å². The summed E-state index contributed by atoms with van der Waals surface area (Å²) in [5, 5.41) is 23.5. The first-order valence-electron chi connectivity index (χ1n) is 6.85. The second-order valence-corrected chi connectivity index (χ2v) is 5.37. The fourth-order valence-corrected chi connectivity index (χ4v) is 2.54. The van der Waals surface area contributed by atoms with Crippen molar-refractivity contribution >= 4 is 11.8 Å². The maximum absolute atomic E-state index is 11.0. The van der Waals surface area contributed by atoms with Gasteiger partial charge in [0.05, 0.1) is 13.1 Å². The first-order chi connectivity index (χ1) is 10.1. The monoisotopic (exact) mass is 287 g/mol. The number of carboxylic acids is 1. The van der Waals surface area contributed by atoms with E-state index in [0.29, 0.717) is 18.9 Å². The van der Waals surface area contributed by atoms with Gasteiger partial charge in [-0.3, -0.25) is 4.68 Å². The molecule has 110 valence electrons. The highest BCUT2D eigenvalue weighted by molar-refractivity contribution is 5.79. The van der Waals surface area contributed by atoms with Crippen molar-refractivity contribution in [1.82, 2.24) is 9.78 Å². The summed E-state index contributed by atoms with van der Waals surface area (Å²) in [4.78, 5) is 12.8. The first kappa shape index (κ1) is 13.6. The van der Waals surface area contributed by atoms with E-state index in [0.717, 1.165) is 5.56 Å². The normalized spacial score (nSPS) is 21.7. The molecule has 1 aliphatic heterocycles. The van der Waals surface area contributed by atoms with Crippen LogP contribution in [0.1, 0.15) is 12.0 Å². The highest BCUT2D eigenvalue weighted by atomic mass is 16.4. The minimum Gasteiger partial charge on any atom is -0.479 e. The van der Waals surface area contributed by atoms with E-state index in [1.165, 1.54) is 0 Å². The van der Waals surface area contributed by atoms with Crippen molar-refractivity contribution in [3.63, 3.8) is 0 Å². The fourth-order valence-electron chi connectivity index (χ4n) is 2.54. The van der Waals surface area contributed by atoms with Crippen molar-refractivity contribution in [1.29, 1.82) is 0 Å². The van der Waals surface area contributed by atoms with Crippen molar-refractivity contribution in [2.75, 3.05) is 18.0 Å². The first-order valence-corrected chi connectivity index (χ1v) is 6.85. The Hall–Kier alpha value is -2.34. The second-order valence-electron chi connectivity index (χ2n) is 5.37. The maximum Gasteiger partial charge on any atom is 0.337 e. The van der Waals surface area contributed by atoms with Crippen LogP contribution in [0.25, 0.3) is 0 Å². The Morgan fingerprint density at radius 1 is 1.29 bits per heavy atom. The van der Waals surface area contributed by atoms with Crippen molar-refractivity contribution in [3.05, 3.63) is 48.2 Å². The Bertz CT molecular complexity index is 641. The second kappa shape index (κ2) is 5.21. The third-order valence-corrected chi connectivity index (χ3v) is 3.78. The summed E-state index contributed by atoms with van der Waals surface area (Å²) < 4.78 is 1.81. The minimum absolute atomic E-state index is 0.0741. The van der Waals surface area contributed by atoms with Crippen LogP contribution in [0.4, 0.5) is 5.82 Å². The molecule has 1 unspecified atom stereocenters. The molecule has 1 aromatic heterocycles. The van der Waals surface area contributed by atoms with Crippen molar-refractivity contribution < 1.29 is 15.0 Å². The molecule has 6 heteroatoms. The highest BCUT2D eigenvalue weighted by Gasteiger charge is 2.43. The van der Waals surface area contributed by atoms with Crippen molar-refractivity contribution in [2.24, 2.45) is 0 Å². The molecular weight excluding hydrogens is 270 g/mol. The quantitative estimate of drug-likeness (QED) is 0.875. The van der Waals surface area contributed by atoms with E-state index in [9.17, 15) is 9.90 Å². The van der Waals surface area contributed by atoms with Crippen LogP contribution in [0.2, 0.25) is 0 Å². The Morgan fingerprint density at radius 2 is 2.05 bits per heavy atom. The van der Waals surface area contributed by atoms with Gasteiger partial charge in [-0.2, -0.15) is 5.10 Å². The molecule has 6 nitrogen and oxygen atoms in total. The highest BCUT2D eigenvalue weighted by Crippen LogP contribution is 2.25. The molecule has 0 aliphatic carbocycles. The zero-order chi connectivity index (χ0) is 14.9. The standard InChI is InChI=1S/C15H17N3O3/c19-14(20)15(21)7-9-17(11-15)13-6-8-18(16-13)10-12-4-2-1-3-5-12/h1-6,8,21H,7,9-11H2,(H,19,20). The fraction of sp³-hybridized carbons (Fsp3) is 0.333. The van der Waals surface area contributed by atoms with Gasteiger partial charge in [-0.25, -0.2) is 4.79 Å². The van der Waals surface area contributed by atoms with Crippen LogP contribution >= 0.6 is 0 Å². The SMILES string of the molecule is O=C(O)C1(O)CCN(c2ccn(Cc3ccccc3)n2)C1. The lowest BCUT2D eigenvalue weighted by Gasteiger charge is -2.18. The molecule has 1 aliphatic rings. The number of hydrogen-bond donors (Lipinski definition) is 2. The molecule has 0 spiro atoms. The van der Waals surface area contributed by atoms with Crippen LogP contribution in [-0.4, -0.2) is 44.7 Å². The lowest BCUT2D eigenvalue weighted by atomic mass is 10.0. The number of aliphatic carboxylic acids is 1. The molecule has 2 N–H and O–H groups in total. The zero-order valence-corrected chi connectivity index (χ0v) is 11.5. The maximum atomic E-state index is 11.0. The molecule has 0 amide bonds. The van der Waals surface area contributed by atoms with E-state index >= 15 is 0 Å². The van der Waals surface area contributed by atoms with E-state index in [1.54, 1.807) is 4.90 Å². The summed E-state index contributed by atoms with van der Waals surface area (Å²) in [6.45, 7) is 1.23. The third kappa shape index (κ3) is 2.75. The average Bonchev–Trinajstić information content (AvgIpc) is 3.08. The largest absolute Gasteiger partial charge is 0.479 e. The van der Waals surface area contributed by atoms with Gasteiger partial charge in [0.1, 0.15) is 0 Å². The molecule has 3 rings (SSSR count). The minimum atomic E-state index is -1.66. The summed E-state index contributed by atoms with van der Waals surface area (Å²) >= 11 is 0. The summed E-state index contributed by atoms with van der Waals surface area (Å²) in [7, 11) is 0. The average molecular weight is 287 g/mol. The number of rotatable bonds is 4. The van der Waals surface area contributed by atoms with Gasteiger partial charge in [0, 0.05) is 25.2 Å². The molecule has 0 bridgehead atoms. The van der Waals surface area contributed by atoms with Gasteiger partial charge in [-0.05, 0) is 5.56 Å². The number of carbonyl (C=O) groups is 1. The predicted molar refractivity (Wildman–Crippen MR) is 77.2 cm³/mol. The van der Waals surface area contributed by atoms with Gasteiger partial charge in [0.2, 0.25) is 0 Å². The number of hydrogen-bond acceptors (Lipinski definition) is 4. The molecule has 1 fully saturated rings. The van der Waals surface area contributed by atoms with Gasteiger partial charge in [0.15, 0.2) is 11.4 Å². The Labute approximate surface area is 122 Å². The van der Waals surface area contributed by atoms with E-state index in [1.807, 2.05) is 47.3 Å². The lowest BCUT2D eigenvalue weighted by Crippen LogP contribution is -2.41. The smallest absolute Gasteiger partial charge is 0.337 e. The number of carboxylic acid groups (broad SMARTS) is 1. The van der Waals surface area contributed by atoms with Crippen LogP contribution in [-0.2, 0) is 11.3 Å². The summed E-state index contributed by atoms with van der Waals surface area (Å²) in [6, 6.07) is 11.8. The molecule has 0 radical (unpaired) electrons. The third-order valence-electron chi connectivity index (χ3n) is 3.78. The molecule has 1 saturated heterocycles. The van der Waals surface area contributed by atoms with E-state index in [2.05, 4.69) is 5.10 Å². The van der Waals surface area contributed by atoms with Crippen LogP contribution < -0.4 is 4.90 Å². The summed E-state index contributed by atoms with van der Waals surface area (Å²) in [5.74, 6) is -0.475. The van der Waals surface area contributed by atoms with E-state index in [-0.39, 0.29) is 13.0 Å². The van der Waals surface area contributed by atoms with Gasteiger partial charge < -0.3 is 15.1 Å². The molecular formula is C15H17N3O3. The van der Waals surface area contributed by atoms with Gasteiger partial charge in [-0.1, -0.05) is 30.3 Å². The predicted octanol–water partition coefficient (Wildman–Crippen LogP) is 0.957. The number of nitrogens with zero attached hydrogens (tertiary/aromatic N) is 3. The number of benzene rings is 1. The van der Waals surface area contributed by atoms with Crippen LogP contribution in [0.15, 0.2) is 42.6 Å². The topological polar surface area (TPSA) is 78.6 Å². The molecule has 1 aromatic carbocycles. The van der Waals surface area contributed by atoms with Gasteiger partial charge >= 0.3 is 5.97 Å². The molecule has 2 heterocycles. The van der Waals surface area contributed by atoms with Crippen molar-refractivity contribution in [3.8, 4) is 0 Å². The molecule has 1 atom stereocenters. The molecule has 2 aromatic rings. The van der Waals surface area contributed by atoms with Crippen LogP contribution in [0.3, 0.4) is 0 Å². The Kier molecular flexibility index (Phi) is 3.39. The van der Waals surface area contributed by atoms with Crippen LogP contribution in [0.5, 0.6) is 0 Å². The zero-order valence-electron chi connectivity index (χ0n) is 11.5. The number of β-amino-alcohol motifs (C(OH)–C–C–N with tert-alkyl or cyclic N) is 1. The van der Waals surface area contributed by atoms with Crippen LogP contribution in [0, 0.1) is 0 Å². The number of aromatic nitrogens is 2. The lowest BCUT2D eigenvalue weighted by molar-refractivity contribution is -0.156. The summed E-state index contributed by atoms with van der Waals surface area (Å²) in [6.07, 6.45) is 2.08. The number of aliphatic hydroxyl groups is 1. The van der Waals surface area contributed by atoms with E-state index in [4.69, 9.17) is 5.11 Å². The number of anilines is 1. The van der Waals surface area contributed by atoms with Crippen molar-refractivity contribution in [2.45, 2.75) is 18.6 Å². The summed E-state index contributed by atoms with van der Waals surface area (Å²) in [5.41, 5.74) is -0.515. The Balaban J connectivity index is 1.70. The Morgan fingerprint density at radius 3 is 2.71 bits per heavy atom. The van der Waals surface area contributed by atoms with Gasteiger partial charge in [0.25, 0.3) is 0 Å². The molecule has 0 saturated carbocycles. The molecule has 21 heavy (non-hydrogen) atoms.